The van der Waals surface area contributed by atoms with Crippen LogP contribution < -0.4 is 5.32 Å². The molecule has 1 saturated heterocycles. The highest BCUT2D eigenvalue weighted by Gasteiger charge is 2.88. The Hall–Kier alpha value is -3.04. The molecule has 1 saturated carbocycles. The first-order valence-electron chi connectivity index (χ1n) is 11.6. The van der Waals surface area contributed by atoms with Gasteiger partial charge in [0.2, 0.25) is 0 Å². The van der Waals surface area contributed by atoms with Gasteiger partial charge in [-0.25, -0.2) is 0 Å². The van der Waals surface area contributed by atoms with Gasteiger partial charge in [0, 0.05) is 28.0 Å². The van der Waals surface area contributed by atoms with Crippen LogP contribution in [0.4, 0.5) is 0 Å². The first-order valence-corrected chi connectivity index (χ1v) is 11.6. The smallest absolute Gasteiger partial charge is 0.192 e. The number of fused-ring (bicyclic) bond motifs is 3. The zero-order valence-electron chi connectivity index (χ0n) is 18.5. The van der Waals surface area contributed by atoms with Crippen LogP contribution in [0.1, 0.15) is 58.5 Å². The van der Waals surface area contributed by atoms with Gasteiger partial charge in [-0.05, 0) is 29.9 Å². The quantitative estimate of drug-likeness (QED) is 0.596. The maximum Gasteiger partial charge on any atom is 0.192 e. The van der Waals surface area contributed by atoms with E-state index in [0.717, 1.165) is 18.4 Å². The highest BCUT2D eigenvalue weighted by Crippen LogP contribution is 2.77. The van der Waals surface area contributed by atoms with Gasteiger partial charge >= 0.3 is 0 Å². The standard InChI is InChI=1S/C29H27NO2/c1-19(2)17-24-27(20-11-5-3-6-12-20)18-28(27,21-13-7-4-8-14-21)29(30-24)25(31)22-15-9-10-16-23(22)26(29)32/h3-16,19,24,30H,17-18H2,1-2H3/t24-,27+,28+/m1/s1. The summed E-state index contributed by atoms with van der Waals surface area (Å²) in [6.07, 6.45) is 1.70. The molecule has 2 aliphatic carbocycles. The van der Waals surface area contributed by atoms with E-state index in [9.17, 15) is 9.59 Å². The average Bonchev–Trinajstić information content (AvgIpc) is 3.43. The van der Waals surface area contributed by atoms with Crippen LogP contribution in [0.3, 0.4) is 0 Å². The van der Waals surface area contributed by atoms with Gasteiger partial charge in [-0.1, -0.05) is 98.8 Å². The molecule has 1 aliphatic heterocycles. The minimum Gasteiger partial charge on any atom is -0.294 e. The SMILES string of the molecule is CC(C)C[C@H]1NC2(C(=O)c3ccccc3C2=O)[C@]2(c3ccccc3)C[C@]12c1ccccc1. The average molecular weight is 422 g/mol. The van der Waals surface area contributed by atoms with Crippen LogP contribution in [-0.2, 0) is 10.8 Å². The van der Waals surface area contributed by atoms with E-state index in [1.54, 1.807) is 0 Å². The van der Waals surface area contributed by atoms with Gasteiger partial charge in [-0.3, -0.25) is 14.9 Å². The number of ketones is 2. The molecule has 32 heavy (non-hydrogen) atoms. The van der Waals surface area contributed by atoms with Gasteiger partial charge in [0.1, 0.15) is 0 Å². The Labute approximate surface area is 188 Å². The molecule has 3 atom stereocenters. The van der Waals surface area contributed by atoms with Crippen LogP contribution >= 0.6 is 0 Å². The van der Waals surface area contributed by atoms with Crippen molar-refractivity contribution < 1.29 is 9.59 Å². The molecule has 3 heteroatoms. The van der Waals surface area contributed by atoms with Gasteiger partial charge in [0.15, 0.2) is 17.1 Å². The van der Waals surface area contributed by atoms with Crippen LogP contribution in [0, 0.1) is 5.92 Å². The molecular weight excluding hydrogens is 394 g/mol. The van der Waals surface area contributed by atoms with E-state index in [2.05, 4.69) is 55.6 Å². The van der Waals surface area contributed by atoms with Gasteiger partial charge in [-0.2, -0.15) is 0 Å². The lowest BCUT2D eigenvalue weighted by molar-refractivity contribution is 0.0724. The van der Waals surface area contributed by atoms with E-state index in [0.29, 0.717) is 17.0 Å². The third kappa shape index (κ3) is 2.10. The highest BCUT2D eigenvalue weighted by atomic mass is 16.2. The predicted molar refractivity (Wildman–Crippen MR) is 125 cm³/mol. The Morgan fingerprint density at radius 2 is 1.28 bits per heavy atom. The van der Waals surface area contributed by atoms with Crippen LogP contribution in [0.2, 0.25) is 0 Å². The molecule has 2 fully saturated rings. The van der Waals surface area contributed by atoms with Gasteiger partial charge in [0.05, 0.1) is 0 Å². The van der Waals surface area contributed by atoms with Crippen LogP contribution in [0.15, 0.2) is 84.9 Å². The summed E-state index contributed by atoms with van der Waals surface area (Å²) in [4.78, 5) is 28.3. The number of rotatable bonds is 4. The minimum atomic E-state index is -1.26. The highest BCUT2D eigenvalue weighted by molar-refractivity contribution is 6.35. The fraction of sp³-hybridized carbons (Fsp3) is 0.310. The second-order valence-electron chi connectivity index (χ2n) is 10.1. The van der Waals surface area contributed by atoms with Crippen LogP contribution in [0.5, 0.6) is 0 Å². The van der Waals surface area contributed by atoms with Crippen molar-refractivity contribution in [1.29, 1.82) is 0 Å². The maximum atomic E-state index is 14.2. The lowest BCUT2D eigenvalue weighted by Gasteiger charge is -2.33. The first-order chi connectivity index (χ1) is 15.5. The van der Waals surface area contributed by atoms with Crippen molar-refractivity contribution in [3.63, 3.8) is 0 Å². The van der Waals surface area contributed by atoms with Crippen LogP contribution in [-0.4, -0.2) is 23.1 Å². The summed E-state index contributed by atoms with van der Waals surface area (Å²) in [7, 11) is 0. The topological polar surface area (TPSA) is 46.2 Å². The van der Waals surface area contributed by atoms with Gasteiger partial charge < -0.3 is 0 Å². The summed E-state index contributed by atoms with van der Waals surface area (Å²) in [5, 5.41) is 3.72. The molecule has 6 rings (SSSR count). The number of carbonyl (C=O) groups is 2. The molecule has 160 valence electrons. The Balaban J connectivity index is 1.66. The fourth-order valence-corrected chi connectivity index (χ4v) is 6.99. The summed E-state index contributed by atoms with van der Waals surface area (Å²) in [6, 6.07) is 28.2. The van der Waals surface area contributed by atoms with Gasteiger partial charge in [0.25, 0.3) is 0 Å². The lowest BCUT2D eigenvalue weighted by Crippen LogP contribution is -2.60. The van der Waals surface area contributed by atoms with Crippen molar-refractivity contribution in [1.82, 2.24) is 5.32 Å². The van der Waals surface area contributed by atoms with Crippen molar-refractivity contribution in [2.45, 2.75) is 49.1 Å². The molecule has 0 amide bonds. The number of hydrogen-bond acceptors (Lipinski definition) is 3. The number of benzene rings is 3. The Kier molecular flexibility index (Phi) is 3.98. The molecule has 0 unspecified atom stereocenters. The molecule has 0 aromatic heterocycles. The van der Waals surface area contributed by atoms with E-state index >= 15 is 0 Å². The Bertz CT molecular complexity index is 1200. The summed E-state index contributed by atoms with van der Waals surface area (Å²) in [5.74, 6) is 0.309. The molecule has 0 radical (unpaired) electrons. The monoisotopic (exact) mass is 421 g/mol. The molecule has 3 aliphatic rings. The second kappa shape index (κ2) is 6.49. The molecule has 1 spiro atoms. The number of Topliss-reactive ketones (excluding diaryl/α,β-unsaturated/α-hetero) is 2. The summed E-state index contributed by atoms with van der Waals surface area (Å²) in [5.41, 5.74) is 1.25. The molecule has 0 bridgehead atoms. The summed E-state index contributed by atoms with van der Waals surface area (Å²) < 4.78 is 0. The predicted octanol–water partition coefficient (Wildman–Crippen LogP) is 5.10. The normalized spacial score (nSPS) is 29.4. The molecule has 3 nitrogen and oxygen atoms in total. The number of carbonyl (C=O) groups excluding carboxylic acids is 2. The van der Waals surface area contributed by atoms with Crippen LogP contribution in [0.25, 0.3) is 0 Å². The Morgan fingerprint density at radius 1 is 0.781 bits per heavy atom. The van der Waals surface area contributed by atoms with E-state index < -0.39 is 11.0 Å². The number of piperidine rings is 1. The first kappa shape index (κ1) is 19.6. The zero-order valence-corrected chi connectivity index (χ0v) is 18.5. The van der Waals surface area contributed by atoms with Crippen molar-refractivity contribution >= 4 is 11.6 Å². The summed E-state index contributed by atoms with van der Waals surface area (Å²) >= 11 is 0. The largest absolute Gasteiger partial charge is 0.294 e. The van der Waals surface area contributed by atoms with Crippen molar-refractivity contribution in [3.8, 4) is 0 Å². The van der Waals surface area contributed by atoms with Gasteiger partial charge in [-0.15, -0.1) is 0 Å². The molecule has 3 aromatic rings. The molecule has 3 aromatic carbocycles. The van der Waals surface area contributed by atoms with Crippen molar-refractivity contribution in [3.05, 3.63) is 107 Å². The van der Waals surface area contributed by atoms with E-state index in [-0.39, 0.29) is 23.0 Å². The zero-order chi connectivity index (χ0) is 22.1. The van der Waals surface area contributed by atoms with E-state index in [1.807, 2.05) is 48.5 Å². The number of hydrogen-bond donors (Lipinski definition) is 1. The third-order valence-electron chi connectivity index (χ3n) is 8.17. The maximum absolute atomic E-state index is 14.2. The van der Waals surface area contributed by atoms with Crippen molar-refractivity contribution in [2.75, 3.05) is 0 Å². The molecule has 1 N–H and O–H groups in total. The summed E-state index contributed by atoms with van der Waals surface area (Å²) in [6.45, 7) is 4.43. The molecule has 1 heterocycles. The Morgan fingerprint density at radius 3 is 1.81 bits per heavy atom. The minimum absolute atomic E-state index is 0.0346. The lowest BCUT2D eigenvalue weighted by atomic mass is 9.69. The third-order valence-corrected chi connectivity index (χ3v) is 8.17. The molecular formula is C29H27NO2. The van der Waals surface area contributed by atoms with E-state index in [4.69, 9.17) is 0 Å². The van der Waals surface area contributed by atoms with Crippen molar-refractivity contribution in [2.24, 2.45) is 5.92 Å². The number of nitrogens with one attached hydrogen (secondary N) is 1. The second-order valence-corrected chi connectivity index (χ2v) is 10.1. The fourth-order valence-electron chi connectivity index (χ4n) is 6.99. The van der Waals surface area contributed by atoms with E-state index in [1.165, 1.54) is 5.56 Å².